The molecule has 1 fully saturated rings. The number of nitrogens with one attached hydrogen (secondary N) is 1. The summed E-state index contributed by atoms with van der Waals surface area (Å²) in [5.74, 6) is -0.390. The summed E-state index contributed by atoms with van der Waals surface area (Å²) in [4.78, 5) is 16.7. The molecule has 7 heteroatoms. The lowest BCUT2D eigenvalue weighted by Gasteiger charge is -2.38. The highest BCUT2D eigenvalue weighted by Gasteiger charge is 2.26. The van der Waals surface area contributed by atoms with Crippen molar-refractivity contribution in [1.82, 2.24) is 20.0 Å². The molecule has 1 aliphatic heterocycles. The maximum atomic E-state index is 13.0. The van der Waals surface area contributed by atoms with Gasteiger partial charge < -0.3 is 10.0 Å². The van der Waals surface area contributed by atoms with Crippen LogP contribution in [-0.2, 0) is 0 Å². The summed E-state index contributed by atoms with van der Waals surface area (Å²) in [6.07, 6.45) is 0.895. The first-order valence-electron chi connectivity index (χ1n) is 8.58. The fraction of sp³-hybridized carbons (Fsp3) is 0.444. The number of amides is 1. The van der Waals surface area contributed by atoms with Crippen LogP contribution in [0.25, 0.3) is 11.3 Å². The number of aliphatic hydroxyl groups excluding tert-OH is 1. The molecule has 0 spiro atoms. The molecule has 2 heterocycles. The first kappa shape index (κ1) is 17.6. The molecule has 1 unspecified atom stereocenters. The molecule has 1 aromatic heterocycles. The van der Waals surface area contributed by atoms with Crippen LogP contribution in [0, 0.1) is 5.82 Å². The van der Waals surface area contributed by atoms with Gasteiger partial charge in [0.15, 0.2) is 0 Å². The monoisotopic (exact) mass is 346 g/mol. The van der Waals surface area contributed by atoms with E-state index in [0.29, 0.717) is 24.5 Å². The molecule has 6 nitrogen and oxygen atoms in total. The molecule has 0 aliphatic carbocycles. The van der Waals surface area contributed by atoms with Crippen molar-refractivity contribution >= 4 is 5.91 Å². The molecule has 3 rings (SSSR count). The highest BCUT2D eigenvalue weighted by Crippen LogP contribution is 2.19. The van der Waals surface area contributed by atoms with Crippen molar-refractivity contribution in [3.63, 3.8) is 0 Å². The number of carbonyl (C=O) groups excluding carboxylic acids is 1. The van der Waals surface area contributed by atoms with E-state index in [9.17, 15) is 14.3 Å². The number of H-pyrrole nitrogens is 1. The van der Waals surface area contributed by atoms with Crippen molar-refractivity contribution in [3.05, 3.63) is 41.8 Å². The van der Waals surface area contributed by atoms with Crippen LogP contribution in [0.4, 0.5) is 4.39 Å². The Hall–Kier alpha value is -2.25. The standard InChI is InChI=1S/C18H23FN4O2/c1-2-15(12-24)22-7-9-23(10-8-22)18(25)17-11-16(20-21-17)13-3-5-14(19)6-4-13/h3-6,11,15,24H,2,7-10,12H2,1H3,(H,20,21). The Balaban J connectivity index is 1.64. The van der Waals surface area contributed by atoms with E-state index in [1.165, 1.54) is 12.1 Å². The smallest absolute Gasteiger partial charge is 0.271 e. The minimum Gasteiger partial charge on any atom is -0.395 e. The van der Waals surface area contributed by atoms with E-state index >= 15 is 0 Å². The number of aliphatic hydroxyl groups is 1. The Kier molecular flexibility index (Phi) is 5.45. The SMILES string of the molecule is CCC(CO)N1CCN(C(=O)c2cc(-c3ccc(F)cc3)n[nH]2)CC1. The Morgan fingerprint density at radius 1 is 1.28 bits per heavy atom. The molecule has 1 aromatic carbocycles. The second kappa shape index (κ2) is 7.76. The predicted octanol–water partition coefficient (Wildman–Crippen LogP) is 1.74. The third-order valence-corrected chi connectivity index (χ3v) is 4.75. The fourth-order valence-electron chi connectivity index (χ4n) is 3.16. The summed E-state index contributed by atoms with van der Waals surface area (Å²) in [5.41, 5.74) is 1.81. The topological polar surface area (TPSA) is 72.5 Å². The van der Waals surface area contributed by atoms with Crippen molar-refractivity contribution in [2.24, 2.45) is 0 Å². The van der Waals surface area contributed by atoms with E-state index < -0.39 is 0 Å². The largest absolute Gasteiger partial charge is 0.395 e. The number of aromatic amines is 1. The van der Waals surface area contributed by atoms with Crippen LogP contribution in [0.3, 0.4) is 0 Å². The average Bonchev–Trinajstić information content (AvgIpc) is 3.13. The molecule has 2 aromatic rings. The van der Waals surface area contributed by atoms with Crippen LogP contribution in [0.15, 0.2) is 30.3 Å². The van der Waals surface area contributed by atoms with E-state index in [1.807, 2.05) is 0 Å². The van der Waals surface area contributed by atoms with Crippen molar-refractivity contribution in [2.75, 3.05) is 32.8 Å². The van der Waals surface area contributed by atoms with Gasteiger partial charge in [-0.15, -0.1) is 0 Å². The highest BCUT2D eigenvalue weighted by atomic mass is 19.1. The highest BCUT2D eigenvalue weighted by molar-refractivity contribution is 5.93. The maximum absolute atomic E-state index is 13.0. The molecule has 1 atom stereocenters. The number of nitrogens with zero attached hydrogens (tertiary/aromatic N) is 3. The molecule has 0 radical (unpaired) electrons. The van der Waals surface area contributed by atoms with E-state index in [0.717, 1.165) is 25.1 Å². The third kappa shape index (κ3) is 3.88. The lowest BCUT2D eigenvalue weighted by molar-refractivity contribution is 0.0468. The van der Waals surface area contributed by atoms with E-state index in [4.69, 9.17) is 0 Å². The van der Waals surface area contributed by atoms with Gasteiger partial charge in [0.05, 0.1) is 12.3 Å². The quantitative estimate of drug-likeness (QED) is 0.865. The number of halogens is 1. The minimum absolute atomic E-state index is 0.0856. The minimum atomic E-state index is -0.304. The van der Waals surface area contributed by atoms with E-state index in [-0.39, 0.29) is 24.4 Å². The number of aromatic nitrogens is 2. The average molecular weight is 346 g/mol. The molecule has 134 valence electrons. The lowest BCUT2D eigenvalue weighted by Crippen LogP contribution is -2.52. The molecular weight excluding hydrogens is 323 g/mol. The van der Waals surface area contributed by atoms with Gasteiger partial charge in [-0.05, 0) is 36.8 Å². The Morgan fingerprint density at radius 2 is 1.96 bits per heavy atom. The van der Waals surface area contributed by atoms with E-state index in [1.54, 1.807) is 23.1 Å². The molecule has 1 amide bonds. The third-order valence-electron chi connectivity index (χ3n) is 4.75. The van der Waals surface area contributed by atoms with Crippen molar-refractivity contribution in [1.29, 1.82) is 0 Å². The zero-order valence-electron chi connectivity index (χ0n) is 14.3. The molecule has 0 bridgehead atoms. The van der Waals surface area contributed by atoms with Gasteiger partial charge in [0.25, 0.3) is 5.91 Å². The molecule has 1 saturated heterocycles. The van der Waals surface area contributed by atoms with Crippen LogP contribution in [0.5, 0.6) is 0 Å². The van der Waals surface area contributed by atoms with Gasteiger partial charge in [-0.25, -0.2) is 4.39 Å². The van der Waals surface area contributed by atoms with Gasteiger partial charge in [-0.2, -0.15) is 5.10 Å². The second-order valence-electron chi connectivity index (χ2n) is 6.25. The van der Waals surface area contributed by atoms with Crippen LogP contribution in [0.1, 0.15) is 23.8 Å². The molecule has 0 saturated carbocycles. The summed E-state index contributed by atoms with van der Waals surface area (Å²) < 4.78 is 13.0. The predicted molar refractivity (Wildman–Crippen MR) is 92.6 cm³/mol. The first-order chi connectivity index (χ1) is 12.1. The Morgan fingerprint density at radius 3 is 2.56 bits per heavy atom. The number of benzene rings is 1. The van der Waals surface area contributed by atoms with Gasteiger partial charge in [-0.3, -0.25) is 14.8 Å². The molecule has 2 N–H and O–H groups in total. The molecule has 25 heavy (non-hydrogen) atoms. The van der Waals surface area contributed by atoms with Crippen molar-refractivity contribution in [3.8, 4) is 11.3 Å². The Labute approximate surface area is 146 Å². The van der Waals surface area contributed by atoms with Crippen LogP contribution < -0.4 is 0 Å². The lowest BCUT2D eigenvalue weighted by atomic mass is 10.1. The van der Waals surface area contributed by atoms with Gasteiger partial charge in [0.1, 0.15) is 11.5 Å². The van der Waals surface area contributed by atoms with E-state index in [2.05, 4.69) is 22.0 Å². The normalized spacial score (nSPS) is 16.8. The van der Waals surface area contributed by atoms with Crippen LogP contribution >= 0.6 is 0 Å². The molecular formula is C18H23FN4O2. The number of rotatable bonds is 5. The summed E-state index contributed by atoms with van der Waals surface area (Å²) in [7, 11) is 0. The Bertz CT molecular complexity index is 704. The fourth-order valence-corrected chi connectivity index (χ4v) is 3.16. The first-order valence-corrected chi connectivity index (χ1v) is 8.58. The zero-order valence-corrected chi connectivity index (χ0v) is 14.3. The summed E-state index contributed by atoms with van der Waals surface area (Å²) in [5, 5.41) is 16.3. The number of hydrogen-bond acceptors (Lipinski definition) is 4. The zero-order chi connectivity index (χ0) is 17.8. The second-order valence-corrected chi connectivity index (χ2v) is 6.25. The van der Waals surface area contributed by atoms with Crippen LogP contribution in [0.2, 0.25) is 0 Å². The van der Waals surface area contributed by atoms with Gasteiger partial charge in [-0.1, -0.05) is 6.92 Å². The van der Waals surface area contributed by atoms with Crippen molar-refractivity contribution in [2.45, 2.75) is 19.4 Å². The van der Waals surface area contributed by atoms with Gasteiger partial charge >= 0.3 is 0 Å². The maximum Gasteiger partial charge on any atom is 0.271 e. The summed E-state index contributed by atoms with van der Waals surface area (Å²) in [6, 6.07) is 7.88. The number of piperazine rings is 1. The van der Waals surface area contributed by atoms with Gasteiger partial charge in [0, 0.05) is 37.8 Å². The van der Waals surface area contributed by atoms with Crippen molar-refractivity contribution < 1.29 is 14.3 Å². The molecule has 1 aliphatic rings. The number of hydrogen-bond donors (Lipinski definition) is 2. The summed E-state index contributed by atoms with van der Waals surface area (Å²) in [6.45, 7) is 4.96. The summed E-state index contributed by atoms with van der Waals surface area (Å²) >= 11 is 0. The van der Waals surface area contributed by atoms with Crippen LogP contribution in [-0.4, -0.2) is 69.8 Å². The van der Waals surface area contributed by atoms with Gasteiger partial charge in [0.2, 0.25) is 0 Å². The number of carbonyl (C=O) groups is 1.